The summed E-state index contributed by atoms with van der Waals surface area (Å²) in [4.78, 5) is 0. The number of ether oxygens (including phenoxy) is 1. The molecule has 0 saturated carbocycles. The minimum absolute atomic E-state index is 0.192. The predicted octanol–water partition coefficient (Wildman–Crippen LogP) is 2.49. The van der Waals surface area contributed by atoms with Gasteiger partial charge in [0.15, 0.2) is 0 Å². The molecule has 3 heteroatoms. The van der Waals surface area contributed by atoms with Crippen LogP contribution < -0.4 is 5.73 Å². The molecule has 2 nitrogen and oxygen atoms in total. The predicted molar refractivity (Wildman–Crippen MR) is 60.0 cm³/mol. The van der Waals surface area contributed by atoms with Crippen molar-refractivity contribution in [3.63, 3.8) is 0 Å². The molecule has 1 aliphatic heterocycles. The summed E-state index contributed by atoms with van der Waals surface area (Å²) in [6.07, 6.45) is 1.27. The van der Waals surface area contributed by atoms with Gasteiger partial charge in [0.25, 0.3) is 0 Å². The molecule has 1 aromatic rings. The Bertz CT molecular complexity index is 316. The summed E-state index contributed by atoms with van der Waals surface area (Å²) >= 11 is 3.46. The Balaban J connectivity index is 2.21. The van der Waals surface area contributed by atoms with Crippen molar-refractivity contribution >= 4 is 15.9 Å². The monoisotopic (exact) mass is 255 g/mol. The average molecular weight is 256 g/mol. The van der Waals surface area contributed by atoms with Crippen LogP contribution in [0.1, 0.15) is 18.1 Å². The third-order valence-corrected chi connectivity index (χ3v) is 3.19. The van der Waals surface area contributed by atoms with Crippen LogP contribution >= 0.6 is 15.9 Å². The number of benzene rings is 1. The molecule has 0 spiro atoms. The fourth-order valence-corrected chi connectivity index (χ4v) is 2.34. The van der Waals surface area contributed by atoms with Gasteiger partial charge in [-0.2, -0.15) is 0 Å². The lowest BCUT2D eigenvalue weighted by Crippen LogP contribution is -2.17. The summed E-state index contributed by atoms with van der Waals surface area (Å²) in [5.41, 5.74) is 6.94. The van der Waals surface area contributed by atoms with E-state index in [-0.39, 0.29) is 6.10 Å². The van der Waals surface area contributed by atoms with E-state index in [9.17, 15) is 0 Å². The molecule has 1 saturated heterocycles. The van der Waals surface area contributed by atoms with Crippen LogP contribution in [0.25, 0.3) is 0 Å². The lowest BCUT2D eigenvalue weighted by Gasteiger charge is -2.17. The van der Waals surface area contributed by atoms with Crippen molar-refractivity contribution in [3.8, 4) is 0 Å². The van der Waals surface area contributed by atoms with Gasteiger partial charge in [0.05, 0.1) is 6.10 Å². The number of hydrogen-bond donors (Lipinski definition) is 1. The lowest BCUT2D eigenvalue weighted by atomic mass is 9.96. The maximum atomic E-state index is 5.71. The molecular weight excluding hydrogens is 242 g/mol. The zero-order valence-corrected chi connectivity index (χ0v) is 9.53. The normalized spacial score (nSPS) is 26.7. The van der Waals surface area contributed by atoms with Crippen LogP contribution in [0.4, 0.5) is 0 Å². The van der Waals surface area contributed by atoms with E-state index in [2.05, 4.69) is 28.1 Å². The first-order valence-electron chi connectivity index (χ1n) is 4.88. The SMILES string of the molecule is NCC1CCOC1c1cccc(Br)c1. The number of nitrogens with two attached hydrogens (primary N) is 1. The Morgan fingerprint density at radius 3 is 3.07 bits per heavy atom. The summed E-state index contributed by atoms with van der Waals surface area (Å²) < 4.78 is 6.80. The van der Waals surface area contributed by atoms with E-state index in [1.807, 2.05) is 12.1 Å². The fourth-order valence-electron chi connectivity index (χ4n) is 1.93. The molecule has 1 heterocycles. The smallest absolute Gasteiger partial charge is 0.0866 e. The zero-order chi connectivity index (χ0) is 9.97. The van der Waals surface area contributed by atoms with E-state index >= 15 is 0 Å². The van der Waals surface area contributed by atoms with Crippen molar-refractivity contribution in [3.05, 3.63) is 34.3 Å². The van der Waals surface area contributed by atoms with Crippen LogP contribution in [0, 0.1) is 5.92 Å². The summed E-state index contributed by atoms with van der Waals surface area (Å²) in [5, 5.41) is 0. The topological polar surface area (TPSA) is 35.2 Å². The Morgan fingerprint density at radius 1 is 1.50 bits per heavy atom. The van der Waals surface area contributed by atoms with Crippen LogP contribution in [0.2, 0.25) is 0 Å². The van der Waals surface area contributed by atoms with Gasteiger partial charge in [-0.15, -0.1) is 0 Å². The highest BCUT2D eigenvalue weighted by molar-refractivity contribution is 9.10. The van der Waals surface area contributed by atoms with Crippen LogP contribution in [0.15, 0.2) is 28.7 Å². The van der Waals surface area contributed by atoms with Gasteiger partial charge in [-0.25, -0.2) is 0 Å². The van der Waals surface area contributed by atoms with Crippen LogP contribution in [0.5, 0.6) is 0 Å². The van der Waals surface area contributed by atoms with E-state index in [1.54, 1.807) is 0 Å². The maximum Gasteiger partial charge on any atom is 0.0866 e. The van der Waals surface area contributed by atoms with Gasteiger partial charge in [-0.3, -0.25) is 0 Å². The van der Waals surface area contributed by atoms with Crippen molar-refractivity contribution in [2.45, 2.75) is 12.5 Å². The van der Waals surface area contributed by atoms with Crippen molar-refractivity contribution in [1.82, 2.24) is 0 Å². The summed E-state index contributed by atoms with van der Waals surface area (Å²) in [6.45, 7) is 1.54. The summed E-state index contributed by atoms with van der Waals surface area (Å²) in [6, 6.07) is 8.27. The molecular formula is C11H14BrNO. The van der Waals surface area contributed by atoms with Crippen molar-refractivity contribution in [2.75, 3.05) is 13.2 Å². The van der Waals surface area contributed by atoms with Crippen LogP contribution in [-0.2, 0) is 4.74 Å². The van der Waals surface area contributed by atoms with Crippen molar-refractivity contribution in [2.24, 2.45) is 11.7 Å². The first-order chi connectivity index (χ1) is 6.81. The van der Waals surface area contributed by atoms with Gasteiger partial charge < -0.3 is 10.5 Å². The highest BCUT2D eigenvalue weighted by Crippen LogP contribution is 2.34. The first-order valence-corrected chi connectivity index (χ1v) is 5.67. The number of hydrogen-bond acceptors (Lipinski definition) is 2. The van der Waals surface area contributed by atoms with Gasteiger partial charge in [-0.1, -0.05) is 28.1 Å². The van der Waals surface area contributed by atoms with Crippen molar-refractivity contribution < 1.29 is 4.74 Å². The van der Waals surface area contributed by atoms with Crippen molar-refractivity contribution in [1.29, 1.82) is 0 Å². The molecule has 0 radical (unpaired) electrons. The van der Waals surface area contributed by atoms with E-state index < -0.39 is 0 Å². The van der Waals surface area contributed by atoms with E-state index in [4.69, 9.17) is 10.5 Å². The van der Waals surface area contributed by atoms with E-state index in [1.165, 1.54) is 5.56 Å². The summed E-state index contributed by atoms with van der Waals surface area (Å²) in [7, 11) is 0. The quantitative estimate of drug-likeness (QED) is 0.882. The first kappa shape index (κ1) is 10.1. The molecule has 2 N–H and O–H groups in total. The fraction of sp³-hybridized carbons (Fsp3) is 0.455. The Kier molecular flexibility index (Phi) is 3.21. The second-order valence-corrected chi connectivity index (χ2v) is 4.55. The number of halogens is 1. The number of rotatable bonds is 2. The molecule has 2 rings (SSSR count). The Labute approximate surface area is 92.6 Å². The average Bonchev–Trinajstić information content (AvgIpc) is 2.65. The van der Waals surface area contributed by atoms with Crippen LogP contribution in [0.3, 0.4) is 0 Å². The Morgan fingerprint density at radius 2 is 2.36 bits per heavy atom. The molecule has 2 atom stereocenters. The molecule has 0 aliphatic carbocycles. The Hall–Kier alpha value is -0.380. The zero-order valence-electron chi connectivity index (χ0n) is 7.95. The lowest BCUT2D eigenvalue weighted by molar-refractivity contribution is 0.0924. The molecule has 14 heavy (non-hydrogen) atoms. The van der Waals surface area contributed by atoms with Crippen LogP contribution in [-0.4, -0.2) is 13.2 Å². The highest BCUT2D eigenvalue weighted by Gasteiger charge is 2.28. The van der Waals surface area contributed by atoms with Gasteiger partial charge >= 0.3 is 0 Å². The van der Waals surface area contributed by atoms with E-state index in [0.717, 1.165) is 17.5 Å². The molecule has 0 amide bonds. The minimum Gasteiger partial charge on any atom is -0.373 e. The van der Waals surface area contributed by atoms with E-state index in [0.29, 0.717) is 12.5 Å². The molecule has 1 fully saturated rings. The molecule has 1 aromatic carbocycles. The maximum absolute atomic E-state index is 5.71. The molecule has 0 aromatic heterocycles. The molecule has 1 aliphatic rings. The minimum atomic E-state index is 0.192. The molecule has 76 valence electrons. The third kappa shape index (κ3) is 2.00. The van der Waals surface area contributed by atoms with Gasteiger partial charge in [0, 0.05) is 17.0 Å². The highest BCUT2D eigenvalue weighted by atomic mass is 79.9. The van der Waals surface area contributed by atoms with Gasteiger partial charge in [0.1, 0.15) is 0 Å². The largest absolute Gasteiger partial charge is 0.373 e. The molecule has 0 bridgehead atoms. The second kappa shape index (κ2) is 4.43. The third-order valence-electron chi connectivity index (χ3n) is 2.69. The summed E-state index contributed by atoms with van der Waals surface area (Å²) in [5.74, 6) is 0.476. The van der Waals surface area contributed by atoms with Gasteiger partial charge in [-0.05, 0) is 30.7 Å². The standard InChI is InChI=1S/C11H14BrNO/c12-10-3-1-2-8(6-10)11-9(7-13)4-5-14-11/h1-3,6,9,11H,4-5,7,13H2. The molecule has 2 unspecified atom stereocenters. The second-order valence-electron chi connectivity index (χ2n) is 3.63. The van der Waals surface area contributed by atoms with Gasteiger partial charge in [0.2, 0.25) is 0 Å².